The molecule has 0 unspecified atom stereocenters. The van der Waals surface area contributed by atoms with Crippen molar-refractivity contribution in [1.82, 2.24) is 5.43 Å². The Labute approximate surface area is 174 Å². The first kappa shape index (κ1) is 20.6. The fourth-order valence-corrected chi connectivity index (χ4v) is 2.67. The predicted molar refractivity (Wildman–Crippen MR) is 115 cm³/mol. The summed E-state index contributed by atoms with van der Waals surface area (Å²) in [5, 5.41) is 15.6. The van der Waals surface area contributed by atoms with E-state index in [9.17, 15) is 9.59 Å². The summed E-state index contributed by atoms with van der Waals surface area (Å²) in [7, 11) is 0. The van der Waals surface area contributed by atoms with Gasteiger partial charge in [-0.3, -0.25) is 0 Å². The number of rotatable bonds is 7. The second-order valence-corrected chi connectivity index (χ2v) is 6.52. The van der Waals surface area contributed by atoms with Crippen LogP contribution in [-0.4, -0.2) is 23.3 Å². The summed E-state index contributed by atoms with van der Waals surface area (Å²) in [6, 6.07) is 20.7. The van der Waals surface area contributed by atoms with Crippen LogP contribution in [0, 0.1) is 6.92 Å². The molecule has 7 nitrogen and oxygen atoms in total. The van der Waals surface area contributed by atoms with Gasteiger partial charge in [0.05, 0.1) is 11.8 Å². The topological polar surface area (TPSA) is 100 Å². The molecular formula is C23H21N3O4. The molecule has 0 aromatic heterocycles. The fraction of sp³-hybridized carbons (Fsp3) is 0.0870. The molecule has 0 aliphatic carbocycles. The van der Waals surface area contributed by atoms with Gasteiger partial charge in [0, 0.05) is 11.3 Å². The summed E-state index contributed by atoms with van der Waals surface area (Å²) in [6.45, 7) is 2.21. The number of nitrogens with one attached hydrogen (secondary N) is 2. The minimum absolute atomic E-state index is 0.223. The molecule has 3 aromatic rings. The van der Waals surface area contributed by atoms with Crippen molar-refractivity contribution in [2.75, 3.05) is 5.32 Å². The number of carbonyl (C=O) groups is 2. The standard InChI is InChI=1S/C23H21N3O4/c1-16-5-4-7-20(13-16)25-23(29)26-24-14-19-6-2-3-8-21(19)30-15-17-9-11-18(12-10-17)22(27)28/h2-14H,15H2,1H3,(H,27,28)(H2,25,26,29)/b24-14+. The maximum Gasteiger partial charge on any atom is 0.339 e. The smallest absolute Gasteiger partial charge is 0.339 e. The Morgan fingerprint density at radius 2 is 1.80 bits per heavy atom. The van der Waals surface area contributed by atoms with Crippen LogP contribution in [0.4, 0.5) is 10.5 Å². The van der Waals surface area contributed by atoms with E-state index < -0.39 is 12.0 Å². The van der Waals surface area contributed by atoms with Crippen LogP contribution in [0.5, 0.6) is 5.75 Å². The molecule has 30 heavy (non-hydrogen) atoms. The lowest BCUT2D eigenvalue weighted by Crippen LogP contribution is -2.24. The van der Waals surface area contributed by atoms with Crippen molar-refractivity contribution >= 4 is 23.9 Å². The molecule has 0 saturated carbocycles. The molecule has 7 heteroatoms. The number of anilines is 1. The number of nitrogens with zero attached hydrogens (tertiary/aromatic N) is 1. The zero-order chi connectivity index (χ0) is 21.3. The predicted octanol–water partition coefficient (Wildman–Crippen LogP) is 4.43. The van der Waals surface area contributed by atoms with Crippen molar-refractivity contribution in [2.45, 2.75) is 13.5 Å². The first-order chi connectivity index (χ1) is 14.5. The summed E-state index contributed by atoms with van der Waals surface area (Å²) in [5.74, 6) is -0.382. The SMILES string of the molecule is Cc1cccc(NC(=O)N/N=C/c2ccccc2OCc2ccc(C(=O)O)cc2)c1. The Balaban J connectivity index is 1.57. The van der Waals surface area contributed by atoms with E-state index in [-0.39, 0.29) is 12.2 Å². The summed E-state index contributed by atoms with van der Waals surface area (Å²) >= 11 is 0. The second kappa shape index (κ2) is 9.88. The third-order valence-electron chi connectivity index (χ3n) is 4.16. The number of carboxylic acid groups (broad SMARTS) is 1. The van der Waals surface area contributed by atoms with Crippen LogP contribution in [0.2, 0.25) is 0 Å². The lowest BCUT2D eigenvalue weighted by molar-refractivity contribution is 0.0697. The van der Waals surface area contributed by atoms with Crippen molar-refractivity contribution in [3.8, 4) is 5.75 Å². The van der Waals surface area contributed by atoms with E-state index in [1.54, 1.807) is 24.3 Å². The van der Waals surface area contributed by atoms with E-state index in [4.69, 9.17) is 9.84 Å². The minimum atomic E-state index is -0.969. The summed E-state index contributed by atoms with van der Waals surface area (Å²) in [6.07, 6.45) is 1.50. The van der Waals surface area contributed by atoms with E-state index >= 15 is 0 Å². The van der Waals surface area contributed by atoms with Crippen LogP contribution in [0.3, 0.4) is 0 Å². The molecule has 0 heterocycles. The molecule has 3 rings (SSSR count). The number of aryl methyl sites for hydroxylation is 1. The Bertz CT molecular complexity index is 1060. The number of carboxylic acids is 1. The first-order valence-corrected chi connectivity index (χ1v) is 9.22. The van der Waals surface area contributed by atoms with Gasteiger partial charge in [0.2, 0.25) is 0 Å². The third-order valence-corrected chi connectivity index (χ3v) is 4.16. The highest BCUT2D eigenvalue weighted by molar-refractivity contribution is 5.91. The fourth-order valence-electron chi connectivity index (χ4n) is 2.67. The van der Waals surface area contributed by atoms with Gasteiger partial charge in [0.15, 0.2) is 0 Å². The highest BCUT2D eigenvalue weighted by Gasteiger charge is 2.05. The molecule has 0 radical (unpaired) electrons. The van der Waals surface area contributed by atoms with Crippen molar-refractivity contribution in [1.29, 1.82) is 0 Å². The number of hydrogen-bond acceptors (Lipinski definition) is 4. The number of urea groups is 1. The number of hydrazone groups is 1. The maximum absolute atomic E-state index is 12.0. The van der Waals surface area contributed by atoms with E-state index in [1.807, 2.05) is 43.3 Å². The average molecular weight is 403 g/mol. The Morgan fingerprint density at radius 3 is 2.53 bits per heavy atom. The van der Waals surface area contributed by atoms with Gasteiger partial charge < -0.3 is 15.2 Å². The average Bonchev–Trinajstić information content (AvgIpc) is 2.73. The summed E-state index contributed by atoms with van der Waals surface area (Å²) in [4.78, 5) is 22.9. The zero-order valence-electron chi connectivity index (χ0n) is 16.3. The molecule has 0 saturated heterocycles. The molecule has 0 fully saturated rings. The molecule has 3 aromatic carbocycles. The molecular weight excluding hydrogens is 382 g/mol. The highest BCUT2D eigenvalue weighted by atomic mass is 16.5. The normalized spacial score (nSPS) is 10.6. The Kier molecular flexibility index (Phi) is 6.78. The number of amides is 2. The Hall–Kier alpha value is -4.13. The molecule has 152 valence electrons. The second-order valence-electron chi connectivity index (χ2n) is 6.52. The van der Waals surface area contributed by atoms with Gasteiger partial charge in [0.25, 0.3) is 0 Å². The van der Waals surface area contributed by atoms with Crippen molar-refractivity contribution in [2.24, 2.45) is 5.10 Å². The number of para-hydroxylation sites is 1. The van der Waals surface area contributed by atoms with E-state index in [2.05, 4.69) is 15.8 Å². The molecule has 3 N–H and O–H groups in total. The van der Waals surface area contributed by atoms with Crippen LogP contribution < -0.4 is 15.5 Å². The number of carbonyl (C=O) groups excluding carboxylic acids is 1. The molecule has 0 atom stereocenters. The maximum atomic E-state index is 12.0. The number of benzene rings is 3. The van der Waals surface area contributed by atoms with Crippen molar-refractivity contribution in [3.63, 3.8) is 0 Å². The monoisotopic (exact) mass is 403 g/mol. The van der Waals surface area contributed by atoms with Crippen molar-refractivity contribution in [3.05, 3.63) is 95.1 Å². The van der Waals surface area contributed by atoms with Crippen LogP contribution >= 0.6 is 0 Å². The quantitative estimate of drug-likeness (QED) is 0.401. The van der Waals surface area contributed by atoms with E-state index in [1.165, 1.54) is 18.3 Å². The van der Waals surface area contributed by atoms with Gasteiger partial charge in [-0.15, -0.1) is 0 Å². The molecule has 2 amide bonds. The minimum Gasteiger partial charge on any atom is -0.488 e. The van der Waals surface area contributed by atoms with Crippen LogP contribution in [0.25, 0.3) is 0 Å². The number of hydrogen-bond donors (Lipinski definition) is 3. The largest absolute Gasteiger partial charge is 0.488 e. The van der Waals surface area contributed by atoms with Crippen LogP contribution in [0.15, 0.2) is 77.9 Å². The molecule has 0 aliphatic heterocycles. The lowest BCUT2D eigenvalue weighted by Gasteiger charge is -2.09. The van der Waals surface area contributed by atoms with Gasteiger partial charge >= 0.3 is 12.0 Å². The van der Waals surface area contributed by atoms with Crippen molar-refractivity contribution < 1.29 is 19.4 Å². The summed E-state index contributed by atoms with van der Waals surface area (Å²) < 4.78 is 5.82. The number of aromatic carboxylic acids is 1. The van der Waals surface area contributed by atoms with E-state index in [0.29, 0.717) is 17.0 Å². The molecule has 0 aliphatic rings. The first-order valence-electron chi connectivity index (χ1n) is 9.22. The van der Waals surface area contributed by atoms with Crippen LogP contribution in [0.1, 0.15) is 27.0 Å². The third kappa shape index (κ3) is 5.93. The van der Waals surface area contributed by atoms with Gasteiger partial charge in [0.1, 0.15) is 12.4 Å². The highest BCUT2D eigenvalue weighted by Crippen LogP contribution is 2.18. The van der Waals surface area contributed by atoms with E-state index in [0.717, 1.165) is 11.1 Å². The summed E-state index contributed by atoms with van der Waals surface area (Å²) in [5.41, 5.74) is 5.90. The Morgan fingerprint density at radius 1 is 1.03 bits per heavy atom. The van der Waals surface area contributed by atoms with Gasteiger partial charge in [-0.05, 0) is 54.4 Å². The van der Waals surface area contributed by atoms with Gasteiger partial charge in [-0.2, -0.15) is 5.10 Å². The molecule has 0 bridgehead atoms. The lowest BCUT2D eigenvalue weighted by atomic mass is 10.1. The molecule has 0 spiro atoms. The zero-order valence-corrected chi connectivity index (χ0v) is 16.3. The van der Waals surface area contributed by atoms with Crippen LogP contribution in [-0.2, 0) is 6.61 Å². The van der Waals surface area contributed by atoms with Gasteiger partial charge in [-0.25, -0.2) is 15.0 Å². The van der Waals surface area contributed by atoms with Gasteiger partial charge in [-0.1, -0.05) is 36.4 Å². The number of ether oxygens (including phenoxy) is 1.